The molecule has 2 aliphatic rings. The number of carbonyl (C=O) groups is 1. The molecule has 0 unspecified atom stereocenters. The third kappa shape index (κ3) is 3.56. The van der Waals surface area contributed by atoms with Crippen molar-refractivity contribution in [1.82, 2.24) is 10.3 Å². The van der Waals surface area contributed by atoms with E-state index in [-0.39, 0.29) is 36.1 Å². The zero-order chi connectivity index (χ0) is 16.7. The molecule has 1 saturated heterocycles. The molecular formula is C19H22Cl3N3O. The maximum atomic E-state index is 13.1. The second kappa shape index (κ2) is 8.13. The van der Waals surface area contributed by atoms with Gasteiger partial charge in [0.1, 0.15) is 5.69 Å². The van der Waals surface area contributed by atoms with Gasteiger partial charge in [-0.1, -0.05) is 17.7 Å². The molecule has 4 rings (SSSR count). The molecule has 3 heterocycles. The van der Waals surface area contributed by atoms with Gasteiger partial charge in [-0.3, -0.25) is 4.79 Å². The largest absolute Gasteiger partial charge is 0.317 e. The Morgan fingerprint density at radius 2 is 1.92 bits per heavy atom. The quantitative estimate of drug-likeness (QED) is 0.762. The Morgan fingerprint density at radius 3 is 2.62 bits per heavy atom. The Balaban J connectivity index is 0.00000121. The van der Waals surface area contributed by atoms with Crippen molar-refractivity contribution >= 4 is 48.0 Å². The van der Waals surface area contributed by atoms with Gasteiger partial charge >= 0.3 is 0 Å². The van der Waals surface area contributed by atoms with Crippen LogP contribution in [0.15, 0.2) is 36.4 Å². The summed E-state index contributed by atoms with van der Waals surface area (Å²) < 4.78 is 0. The lowest BCUT2D eigenvalue weighted by Crippen LogP contribution is -2.44. The van der Waals surface area contributed by atoms with Crippen LogP contribution in [0.2, 0.25) is 5.02 Å². The number of aromatic nitrogens is 1. The fourth-order valence-corrected chi connectivity index (χ4v) is 4.13. The molecule has 2 aromatic rings. The molecule has 0 radical (unpaired) electrons. The third-order valence-corrected chi connectivity index (χ3v) is 5.43. The lowest BCUT2D eigenvalue weighted by Gasteiger charge is -2.34. The van der Waals surface area contributed by atoms with Crippen molar-refractivity contribution in [2.75, 3.05) is 24.5 Å². The first kappa shape index (κ1) is 21.0. The minimum absolute atomic E-state index is 0. The summed E-state index contributed by atoms with van der Waals surface area (Å²) in [4.78, 5) is 19.4. The summed E-state index contributed by atoms with van der Waals surface area (Å²) >= 11 is 6.26. The predicted octanol–water partition coefficient (Wildman–Crippen LogP) is 4.17. The highest BCUT2D eigenvalue weighted by atomic mass is 35.5. The molecule has 7 heteroatoms. The van der Waals surface area contributed by atoms with Crippen LogP contribution in [-0.4, -0.2) is 30.5 Å². The topological polar surface area (TPSA) is 45.2 Å². The number of benzene rings is 1. The number of piperidine rings is 1. The average molecular weight is 415 g/mol. The van der Waals surface area contributed by atoms with Crippen molar-refractivity contribution in [3.63, 3.8) is 0 Å². The normalized spacial score (nSPS) is 17.2. The number of fused-ring (bicyclic) bond motifs is 2. The molecule has 1 N–H and O–H groups in total. The van der Waals surface area contributed by atoms with E-state index in [0.717, 1.165) is 42.3 Å². The van der Waals surface area contributed by atoms with Crippen molar-refractivity contribution in [1.29, 1.82) is 0 Å². The molecule has 0 atom stereocenters. The summed E-state index contributed by atoms with van der Waals surface area (Å²) in [6.45, 7) is 4.55. The van der Waals surface area contributed by atoms with Gasteiger partial charge in [-0.2, -0.15) is 0 Å². The second-order valence-electron chi connectivity index (χ2n) is 6.75. The number of hydrogen-bond acceptors (Lipinski definition) is 3. The number of amides is 1. The van der Waals surface area contributed by atoms with E-state index in [4.69, 9.17) is 11.6 Å². The minimum Gasteiger partial charge on any atom is -0.317 e. The highest BCUT2D eigenvalue weighted by Crippen LogP contribution is 2.47. The number of halogens is 3. The lowest BCUT2D eigenvalue weighted by atomic mass is 9.75. The number of rotatable bonds is 1. The summed E-state index contributed by atoms with van der Waals surface area (Å²) in [6, 6.07) is 11.5. The maximum absolute atomic E-state index is 13.1. The molecular weight excluding hydrogens is 393 g/mol. The number of carbonyl (C=O) groups excluding carboxylic acids is 1. The van der Waals surface area contributed by atoms with E-state index < -0.39 is 0 Å². The number of nitrogens with one attached hydrogen (secondary N) is 1. The molecule has 4 nitrogen and oxygen atoms in total. The fraction of sp³-hybridized carbons (Fsp3) is 0.368. The van der Waals surface area contributed by atoms with Crippen LogP contribution in [0.1, 0.15) is 34.6 Å². The van der Waals surface area contributed by atoms with E-state index in [1.807, 2.05) is 42.2 Å². The van der Waals surface area contributed by atoms with Crippen molar-refractivity contribution in [2.45, 2.75) is 25.2 Å². The first-order valence-electron chi connectivity index (χ1n) is 8.35. The molecule has 26 heavy (non-hydrogen) atoms. The van der Waals surface area contributed by atoms with Crippen LogP contribution in [-0.2, 0) is 5.41 Å². The van der Waals surface area contributed by atoms with Gasteiger partial charge in [-0.25, -0.2) is 4.98 Å². The summed E-state index contributed by atoms with van der Waals surface area (Å²) in [5, 5.41) is 4.15. The average Bonchev–Trinajstić information content (AvgIpc) is 2.88. The van der Waals surface area contributed by atoms with E-state index in [0.29, 0.717) is 12.2 Å². The first-order valence-corrected chi connectivity index (χ1v) is 8.73. The van der Waals surface area contributed by atoms with E-state index >= 15 is 0 Å². The molecule has 2 aliphatic heterocycles. The standard InChI is InChI=1S/C19H20ClN3O.2ClH/c1-13-3-2-4-16(22-13)18(24)23-12-19(7-9-21-10-8-19)15-11-14(20)5-6-17(15)23;;/h2-6,11,21H,7-10,12H2,1H3;2*1H. The van der Waals surface area contributed by atoms with Gasteiger partial charge in [0.2, 0.25) is 0 Å². The lowest BCUT2D eigenvalue weighted by molar-refractivity contribution is 0.0978. The summed E-state index contributed by atoms with van der Waals surface area (Å²) in [6.07, 6.45) is 2.04. The van der Waals surface area contributed by atoms with Crippen LogP contribution < -0.4 is 10.2 Å². The summed E-state index contributed by atoms with van der Waals surface area (Å²) in [5.74, 6) is -0.0299. The number of anilines is 1. The second-order valence-corrected chi connectivity index (χ2v) is 7.18. The van der Waals surface area contributed by atoms with Gasteiger partial charge in [0.15, 0.2) is 0 Å². The van der Waals surface area contributed by atoms with Crippen LogP contribution in [0.5, 0.6) is 0 Å². The van der Waals surface area contributed by atoms with E-state index in [9.17, 15) is 4.79 Å². The Bertz CT molecular complexity index is 806. The Labute approximate surface area is 171 Å². The number of pyridine rings is 1. The molecule has 0 aliphatic carbocycles. The Morgan fingerprint density at radius 1 is 1.19 bits per heavy atom. The van der Waals surface area contributed by atoms with Crippen LogP contribution in [0.3, 0.4) is 0 Å². The van der Waals surface area contributed by atoms with E-state index in [2.05, 4.69) is 10.3 Å². The van der Waals surface area contributed by atoms with Gasteiger partial charge in [-0.15, -0.1) is 24.8 Å². The van der Waals surface area contributed by atoms with Crippen molar-refractivity contribution < 1.29 is 4.79 Å². The molecule has 1 fully saturated rings. The minimum atomic E-state index is -0.0299. The summed E-state index contributed by atoms with van der Waals surface area (Å²) in [7, 11) is 0. The zero-order valence-corrected chi connectivity index (χ0v) is 16.9. The van der Waals surface area contributed by atoms with Crippen LogP contribution in [0.4, 0.5) is 5.69 Å². The molecule has 140 valence electrons. The zero-order valence-electron chi connectivity index (χ0n) is 14.5. The number of nitrogens with zero attached hydrogens (tertiary/aromatic N) is 2. The maximum Gasteiger partial charge on any atom is 0.276 e. The third-order valence-electron chi connectivity index (χ3n) is 5.19. The van der Waals surface area contributed by atoms with E-state index in [1.54, 1.807) is 6.07 Å². The smallest absolute Gasteiger partial charge is 0.276 e. The Kier molecular flexibility index (Phi) is 6.56. The fourth-order valence-electron chi connectivity index (χ4n) is 3.96. The van der Waals surface area contributed by atoms with E-state index in [1.165, 1.54) is 5.56 Å². The number of aryl methyl sites for hydroxylation is 1. The summed E-state index contributed by atoms with van der Waals surface area (Å²) in [5.41, 5.74) is 3.55. The molecule has 0 bridgehead atoms. The van der Waals surface area contributed by atoms with Gasteiger partial charge < -0.3 is 10.2 Å². The molecule has 1 aromatic heterocycles. The Hall–Kier alpha value is -1.33. The predicted molar refractivity (Wildman–Crippen MR) is 110 cm³/mol. The monoisotopic (exact) mass is 413 g/mol. The SMILES string of the molecule is Cc1cccc(C(=O)N2CC3(CCNCC3)c3cc(Cl)ccc32)n1.Cl.Cl. The molecule has 0 saturated carbocycles. The highest BCUT2D eigenvalue weighted by Gasteiger charge is 2.45. The molecule has 1 aromatic carbocycles. The first-order chi connectivity index (χ1) is 11.6. The van der Waals surface area contributed by atoms with Gasteiger partial charge in [0.05, 0.1) is 0 Å². The highest BCUT2D eigenvalue weighted by molar-refractivity contribution is 6.30. The van der Waals surface area contributed by atoms with Crippen molar-refractivity contribution in [3.8, 4) is 0 Å². The van der Waals surface area contributed by atoms with Gasteiger partial charge in [0, 0.05) is 28.4 Å². The van der Waals surface area contributed by atoms with Gasteiger partial charge in [0.25, 0.3) is 5.91 Å². The van der Waals surface area contributed by atoms with Crippen LogP contribution in [0.25, 0.3) is 0 Å². The molecule has 1 spiro atoms. The number of hydrogen-bond donors (Lipinski definition) is 1. The van der Waals surface area contributed by atoms with Crippen LogP contribution >= 0.6 is 36.4 Å². The molecule has 1 amide bonds. The van der Waals surface area contributed by atoms with Gasteiger partial charge in [-0.05, 0) is 68.8 Å². The van der Waals surface area contributed by atoms with Crippen molar-refractivity contribution in [2.24, 2.45) is 0 Å². The van der Waals surface area contributed by atoms with Crippen LogP contribution in [0, 0.1) is 6.92 Å². The van der Waals surface area contributed by atoms with Crippen molar-refractivity contribution in [3.05, 3.63) is 58.4 Å².